The van der Waals surface area contributed by atoms with Gasteiger partial charge in [-0.15, -0.1) is 0 Å². The summed E-state index contributed by atoms with van der Waals surface area (Å²) >= 11 is 0. The van der Waals surface area contributed by atoms with Gasteiger partial charge in [0, 0.05) is 36.6 Å². The normalized spacial score (nSPS) is 12.6. The fourth-order valence-electron chi connectivity index (χ4n) is 2.43. The molecule has 0 radical (unpaired) electrons. The molecule has 0 aliphatic rings. The molecule has 156 valence electrons. The average molecular weight is 406 g/mol. The van der Waals surface area contributed by atoms with Crippen LogP contribution in [-0.2, 0) is 32.0 Å². The molecule has 29 heavy (non-hydrogen) atoms. The highest BCUT2D eigenvalue weighted by Gasteiger charge is 2.24. The molecule has 13 heteroatoms. The number of rotatable bonds is 11. The first-order valence-corrected chi connectivity index (χ1v) is 8.62. The predicted molar refractivity (Wildman–Crippen MR) is 98.1 cm³/mol. The third-order valence-electron chi connectivity index (χ3n) is 3.85. The second-order valence-corrected chi connectivity index (χ2v) is 6.06. The molecule has 0 unspecified atom stereocenters. The lowest BCUT2D eigenvalue weighted by Gasteiger charge is -2.18. The lowest BCUT2D eigenvalue weighted by Crippen LogP contribution is -2.52. The molecule has 0 spiro atoms. The highest BCUT2D eigenvalue weighted by molar-refractivity contribution is 5.92. The Hall–Kier alpha value is -3.74. The molecule has 2 atom stereocenters. The van der Waals surface area contributed by atoms with Crippen LogP contribution in [0.3, 0.4) is 0 Å². The molecule has 0 saturated heterocycles. The van der Waals surface area contributed by atoms with Crippen molar-refractivity contribution in [3.05, 3.63) is 36.4 Å². The maximum Gasteiger partial charge on any atom is 0.326 e. The van der Waals surface area contributed by atoms with Crippen LogP contribution in [0.15, 0.2) is 25.0 Å². The van der Waals surface area contributed by atoms with Gasteiger partial charge in [0.2, 0.25) is 17.7 Å². The van der Waals surface area contributed by atoms with Crippen LogP contribution >= 0.6 is 0 Å². The van der Waals surface area contributed by atoms with Crippen molar-refractivity contribution in [1.29, 1.82) is 0 Å². The second-order valence-electron chi connectivity index (χ2n) is 6.06. The Balaban J connectivity index is 1.90. The molecular formula is C16H22N8O5. The minimum absolute atomic E-state index is 0.00399. The van der Waals surface area contributed by atoms with Crippen LogP contribution in [0.4, 0.5) is 0 Å². The number of nitrogens with two attached hydrogens (primary N) is 1. The number of nitrogens with one attached hydrogen (secondary N) is 5. The van der Waals surface area contributed by atoms with Crippen molar-refractivity contribution in [1.82, 2.24) is 35.9 Å². The summed E-state index contributed by atoms with van der Waals surface area (Å²) in [5.74, 6) is -3.10. The van der Waals surface area contributed by atoms with Crippen LogP contribution in [0.25, 0.3) is 0 Å². The Kier molecular flexibility index (Phi) is 7.85. The summed E-state index contributed by atoms with van der Waals surface area (Å²) in [6, 6.07) is -2.18. The molecule has 0 aromatic carbocycles. The van der Waals surface area contributed by atoms with Gasteiger partial charge < -0.3 is 36.8 Å². The number of nitrogens with zero attached hydrogens (tertiary/aromatic N) is 2. The summed E-state index contributed by atoms with van der Waals surface area (Å²) < 4.78 is 0. The molecule has 8 N–H and O–H groups in total. The first kappa shape index (κ1) is 21.6. The van der Waals surface area contributed by atoms with E-state index in [1.807, 2.05) is 0 Å². The number of aromatic nitrogens is 4. The largest absolute Gasteiger partial charge is 0.480 e. The average Bonchev–Trinajstić information content (AvgIpc) is 3.38. The lowest BCUT2D eigenvalue weighted by molar-refractivity contribution is -0.141. The van der Waals surface area contributed by atoms with Gasteiger partial charge in [-0.2, -0.15) is 0 Å². The Labute approximate surface area is 164 Å². The zero-order valence-electron chi connectivity index (χ0n) is 15.3. The third-order valence-corrected chi connectivity index (χ3v) is 3.85. The van der Waals surface area contributed by atoms with E-state index in [1.54, 1.807) is 0 Å². The van der Waals surface area contributed by atoms with Crippen LogP contribution in [0.5, 0.6) is 0 Å². The van der Waals surface area contributed by atoms with Gasteiger partial charge in [-0.05, 0) is 0 Å². The van der Waals surface area contributed by atoms with E-state index < -0.39 is 42.3 Å². The molecule has 0 aliphatic heterocycles. The van der Waals surface area contributed by atoms with Gasteiger partial charge in [0.25, 0.3) is 0 Å². The van der Waals surface area contributed by atoms with Crippen molar-refractivity contribution in [2.45, 2.75) is 24.9 Å². The van der Waals surface area contributed by atoms with E-state index in [4.69, 9.17) is 5.73 Å². The first-order valence-electron chi connectivity index (χ1n) is 8.62. The standard InChI is InChI=1S/C16H22N8O5/c17-3-13(25)23-11(1-9-4-18-7-21-9)15(27)20-6-14(26)24-12(16(28)29)2-10-5-19-8-22-10/h4-5,7-8,11-12H,1-3,6,17H2,(H,18,21)(H,19,22)(H,20,27)(H,23,25)(H,24,26)(H,28,29)/t11-,12-/m0/s1. The Morgan fingerprint density at radius 3 is 2.00 bits per heavy atom. The Morgan fingerprint density at radius 1 is 0.966 bits per heavy atom. The van der Waals surface area contributed by atoms with Crippen molar-refractivity contribution in [3.63, 3.8) is 0 Å². The topological polar surface area (TPSA) is 208 Å². The highest BCUT2D eigenvalue weighted by atomic mass is 16.4. The SMILES string of the molecule is NCC(=O)N[C@@H](Cc1cnc[nH]1)C(=O)NCC(=O)N[C@@H](Cc1cnc[nH]1)C(=O)O. The number of carbonyl (C=O) groups excluding carboxylic acids is 3. The number of carboxylic acids is 1. The number of amides is 3. The van der Waals surface area contributed by atoms with E-state index in [0.717, 1.165) is 0 Å². The molecule has 2 aromatic heterocycles. The van der Waals surface area contributed by atoms with Gasteiger partial charge in [-0.1, -0.05) is 0 Å². The monoisotopic (exact) mass is 406 g/mol. The van der Waals surface area contributed by atoms with Crippen molar-refractivity contribution >= 4 is 23.7 Å². The molecule has 2 aromatic rings. The van der Waals surface area contributed by atoms with Crippen LogP contribution in [0.1, 0.15) is 11.4 Å². The minimum atomic E-state index is -1.23. The molecule has 0 fully saturated rings. The molecule has 2 heterocycles. The van der Waals surface area contributed by atoms with Gasteiger partial charge in [0.05, 0.1) is 25.7 Å². The van der Waals surface area contributed by atoms with E-state index in [0.29, 0.717) is 11.4 Å². The molecule has 3 amide bonds. The lowest BCUT2D eigenvalue weighted by atomic mass is 10.1. The van der Waals surface area contributed by atoms with Crippen LogP contribution < -0.4 is 21.7 Å². The minimum Gasteiger partial charge on any atom is -0.480 e. The number of carboxylic acid groups (broad SMARTS) is 1. The van der Waals surface area contributed by atoms with E-state index in [2.05, 4.69) is 35.9 Å². The summed E-state index contributed by atoms with van der Waals surface area (Å²) in [5.41, 5.74) is 6.39. The summed E-state index contributed by atoms with van der Waals surface area (Å²) in [6.45, 7) is -0.773. The molecule has 0 bridgehead atoms. The number of hydrogen-bond acceptors (Lipinski definition) is 7. The van der Waals surface area contributed by atoms with E-state index in [9.17, 15) is 24.3 Å². The van der Waals surface area contributed by atoms with Gasteiger partial charge in [-0.3, -0.25) is 14.4 Å². The molecule has 13 nitrogen and oxygen atoms in total. The maximum atomic E-state index is 12.4. The van der Waals surface area contributed by atoms with Gasteiger partial charge >= 0.3 is 5.97 Å². The smallest absolute Gasteiger partial charge is 0.326 e. The fourth-order valence-corrected chi connectivity index (χ4v) is 2.43. The Morgan fingerprint density at radius 2 is 1.52 bits per heavy atom. The quantitative estimate of drug-likeness (QED) is 0.205. The number of H-pyrrole nitrogens is 2. The Bertz CT molecular complexity index is 820. The summed E-state index contributed by atoms with van der Waals surface area (Å²) in [6.07, 6.45) is 5.87. The summed E-state index contributed by atoms with van der Waals surface area (Å²) in [4.78, 5) is 60.6. The zero-order chi connectivity index (χ0) is 21.2. The van der Waals surface area contributed by atoms with Gasteiger partial charge in [0.1, 0.15) is 12.1 Å². The fraction of sp³-hybridized carbons (Fsp3) is 0.375. The van der Waals surface area contributed by atoms with Crippen LogP contribution in [-0.4, -0.2) is 73.9 Å². The molecule has 0 aliphatic carbocycles. The number of hydrogen-bond donors (Lipinski definition) is 7. The van der Waals surface area contributed by atoms with E-state index in [-0.39, 0.29) is 19.4 Å². The van der Waals surface area contributed by atoms with Crippen LogP contribution in [0.2, 0.25) is 0 Å². The van der Waals surface area contributed by atoms with Crippen LogP contribution in [0, 0.1) is 0 Å². The second kappa shape index (κ2) is 10.6. The van der Waals surface area contributed by atoms with Crippen molar-refractivity contribution < 1.29 is 24.3 Å². The third kappa shape index (κ3) is 7.06. The number of carbonyl (C=O) groups is 4. The van der Waals surface area contributed by atoms with Crippen molar-refractivity contribution in [2.24, 2.45) is 5.73 Å². The van der Waals surface area contributed by atoms with Crippen molar-refractivity contribution in [3.8, 4) is 0 Å². The van der Waals surface area contributed by atoms with E-state index >= 15 is 0 Å². The highest BCUT2D eigenvalue weighted by Crippen LogP contribution is 2.00. The maximum absolute atomic E-state index is 12.4. The molecule has 2 rings (SSSR count). The predicted octanol–water partition coefficient (Wildman–Crippen LogP) is -2.95. The summed E-state index contributed by atoms with van der Waals surface area (Å²) in [7, 11) is 0. The molecular weight excluding hydrogens is 384 g/mol. The summed E-state index contributed by atoms with van der Waals surface area (Å²) in [5, 5.41) is 16.4. The number of aliphatic carboxylic acids is 1. The van der Waals surface area contributed by atoms with Gasteiger partial charge in [0.15, 0.2) is 0 Å². The molecule has 0 saturated carbocycles. The van der Waals surface area contributed by atoms with Crippen molar-refractivity contribution in [2.75, 3.05) is 13.1 Å². The number of imidazole rings is 2. The first-order chi connectivity index (χ1) is 13.9. The van der Waals surface area contributed by atoms with E-state index in [1.165, 1.54) is 25.0 Å². The zero-order valence-corrected chi connectivity index (χ0v) is 15.3. The number of aromatic amines is 2. The van der Waals surface area contributed by atoms with Gasteiger partial charge in [-0.25, -0.2) is 14.8 Å².